The predicted molar refractivity (Wildman–Crippen MR) is 52.4 cm³/mol. The molecule has 0 bridgehead atoms. The number of rotatable bonds is 6. The van der Waals surface area contributed by atoms with E-state index in [1.54, 1.807) is 0 Å². The van der Waals surface area contributed by atoms with Gasteiger partial charge >= 0.3 is 5.97 Å². The van der Waals surface area contributed by atoms with Crippen molar-refractivity contribution in [2.75, 3.05) is 11.5 Å². The highest BCUT2D eigenvalue weighted by molar-refractivity contribution is 7.99. The maximum atomic E-state index is 10.3. The second-order valence-corrected chi connectivity index (χ2v) is 3.59. The van der Waals surface area contributed by atoms with E-state index in [4.69, 9.17) is 10.8 Å². The lowest BCUT2D eigenvalue weighted by molar-refractivity contribution is -0.137. The van der Waals surface area contributed by atoms with Crippen LogP contribution in [0.5, 0.6) is 0 Å². The Kier molecular flexibility index (Phi) is 5.84. The van der Waals surface area contributed by atoms with Gasteiger partial charge in [0, 0.05) is 11.5 Å². The Morgan fingerprint density at radius 1 is 1.75 bits per heavy atom. The molecule has 3 N–H and O–H groups in total. The summed E-state index contributed by atoms with van der Waals surface area (Å²) in [4.78, 5) is 10.3. The van der Waals surface area contributed by atoms with Gasteiger partial charge in [-0.2, -0.15) is 11.8 Å². The molecule has 0 rings (SSSR count). The SMILES string of the molecule is C=C(CC)CSC[C@@H](N)C(=O)O. The topological polar surface area (TPSA) is 63.3 Å². The first-order valence-corrected chi connectivity index (χ1v) is 4.96. The number of hydrogen-bond acceptors (Lipinski definition) is 3. The molecule has 0 heterocycles. The van der Waals surface area contributed by atoms with E-state index in [-0.39, 0.29) is 0 Å². The van der Waals surface area contributed by atoms with Crippen LogP contribution in [0.3, 0.4) is 0 Å². The lowest BCUT2D eigenvalue weighted by Gasteiger charge is -2.05. The summed E-state index contributed by atoms with van der Waals surface area (Å²) in [5, 5.41) is 8.44. The summed E-state index contributed by atoms with van der Waals surface area (Å²) in [6, 6.07) is -0.750. The molecule has 12 heavy (non-hydrogen) atoms. The quantitative estimate of drug-likeness (QED) is 0.614. The average Bonchev–Trinajstić information content (AvgIpc) is 2.03. The van der Waals surface area contributed by atoms with Crippen LogP contribution in [-0.2, 0) is 4.79 Å². The van der Waals surface area contributed by atoms with E-state index in [1.807, 2.05) is 6.92 Å². The van der Waals surface area contributed by atoms with Crippen LogP contribution in [0.2, 0.25) is 0 Å². The molecule has 4 heteroatoms. The van der Waals surface area contributed by atoms with Crippen molar-refractivity contribution in [1.82, 2.24) is 0 Å². The zero-order chi connectivity index (χ0) is 9.56. The monoisotopic (exact) mass is 189 g/mol. The molecule has 0 aromatic rings. The van der Waals surface area contributed by atoms with Gasteiger partial charge in [0.25, 0.3) is 0 Å². The minimum atomic E-state index is -0.940. The number of carboxylic acid groups (broad SMARTS) is 1. The van der Waals surface area contributed by atoms with Crippen LogP contribution in [0.25, 0.3) is 0 Å². The smallest absolute Gasteiger partial charge is 0.321 e. The summed E-state index contributed by atoms with van der Waals surface area (Å²) in [7, 11) is 0. The zero-order valence-corrected chi connectivity index (χ0v) is 8.06. The van der Waals surface area contributed by atoms with Crippen molar-refractivity contribution < 1.29 is 9.90 Å². The molecule has 0 aromatic heterocycles. The summed E-state index contributed by atoms with van der Waals surface area (Å²) in [6.45, 7) is 5.83. The van der Waals surface area contributed by atoms with Crippen LogP contribution >= 0.6 is 11.8 Å². The first kappa shape index (κ1) is 11.5. The summed E-state index contributed by atoms with van der Waals surface area (Å²) in [5.74, 6) is 0.316. The van der Waals surface area contributed by atoms with Gasteiger partial charge in [0.15, 0.2) is 0 Å². The number of nitrogens with two attached hydrogens (primary N) is 1. The summed E-state index contributed by atoms with van der Waals surface area (Å²) in [5.41, 5.74) is 6.42. The Morgan fingerprint density at radius 2 is 2.33 bits per heavy atom. The molecule has 0 aliphatic heterocycles. The molecule has 0 aliphatic rings. The second-order valence-electron chi connectivity index (χ2n) is 2.56. The minimum Gasteiger partial charge on any atom is -0.480 e. The predicted octanol–water partition coefficient (Wildman–Crippen LogP) is 1.10. The fourth-order valence-corrected chi connectivity index (χ4v) is 1.51. The van der Waals surface area contributed by atoms with Crippen LogP contribution in [0, 0.1) is 0 Å². The largest absolute Gasteiger partial charge is 0.480 e. The summed E-state index contributed by atoms with van der Waals surface area (Å²) >= 11 is 1.52. The standard InChI is InChI=1S/C8H15NO2S/c1-3-6(2)4-12-5-7(9)8(10)11/h7H,2-5,9H2,1H3,(H,10,11)/t7-/m1/s1. The minimum absolute atomic E-state index is 0.453. The van der Waals surface area contributed by atoms with Crippen LogP contribution in [0.1, 0.15) is 13.3 Å². The normalized spacial score (nSPS) is 12.5. The number of aliphatic carboxylic acids is 1. The van der Waals surface area contributed by atoms with Gasteiger partial charge in [-0.3, -0.25) is 4.79 Å². The van der Waals surface area contributed by atoms with E-state index in [9.17, 15) is 4.79 Å². The van der Waals surface area contributed by atoms with E-state index < -0.39 is 12.0 Å². The molecule has 0 aliphatic carbocycles. The molecular formula is C8H15NO2S. The Balaban J connectivity index is 3.43. The van der Waals surface area contributed by atoms with Gasteiger partial charge in [-0.05, 0) is 6.42 Å². The maximum absolute atomic E-state index is 10.3. The fraction of sp³-hybridized carbons (Fsp3) is 0.625. The molecular weight excluding hydrogens is 174 g/mol. The highest BCUT2D eigenvalue weighted by Crippen LogP contribution is 2.09. The van der Waals surface area contributed by atoms with E-state index >= 15 is 0 Å². The Labute approximate surface area is 77.0 Å². The van der Waals surface area contributed by atoms with Crippen molar-refractivity contribution in [3.8, 4) is 0 Å². The zero-order valence-electron chi connectivity index (χ0n) is 7.25. The van der Waals surface area contributed by atoms with Crippen LogP contribution in [0.4, 0.5) is 0 Å². The van der Waals surface area contributed by atoms with Gasteiger partial charge in [-0.15, -0.1) is 0 Å². The van der Waals surface area contributed by atoms with E-state index in [1.165, 1.54) is 11.8 Å². The van der Waals surface area contributed by atoms with Gasteiger partial charge in [0.2, 0.25) is 0 Å². The first-order valence-electron chi connectivity index (χ1n) is 3.80. The van der Waals surface area contributed by atoms with E-state index in [0.29, 0.717) is 5.75 Å². The molecule has 0 radical (unpaired) electrons. The van der Waals surface area contributed by atoms with Crippen molar-refractivity contribution in [2.45, 2.75) is 19.4 Å². The molecule has 0 fully saturated rings. The van der Waals surface area contributed by atoms with Gasteiger partial charge in [0.05, 0.1) is 0 Å². The van der Waals surface area contributed by atoms with Crippen molar-refractivity contribution >= 4 is 17.7 Å². The van der Waals surface area contributed by atoms with Gasteiger partial charge < -0.3 is 10.8 Å². The highest BCUT2D eigenvalue weighted by Gasteiger charge is 2.10. The van der Waals surface area contributed by atoms with E-state index in [0.717, 1.165) is 17.7 Å². The molecule has 0 amide bonds. The van der Waals surface area contributed by atoms with Crippen molar-refractivity contribution in [2.24, 2.45) is 5.73 Å². The third-order valence-electron chi connectivity index (χ3n) is 1.42. The number of carboxylic acids is 1. The average molecular weight is 189 g/mol. The third kappa shape index (κ3) is 5.21. The molecule has 0 saturated carbocycles. The summed E-state index contributed by atoms with van der Waals surface area (Å²) < 4.78 is 0. The van der Waals surface area contributed by atoms with Crippen molar-refractivity contribution in [1.29, 1.82) is 0 Å². The van der Waals surface area contributed by atoms with Crippen LogP contribution < -0.4 is 5.73 Å². The Hall–Kier alpha value is -0.480. The molecule has 0 unspecified atom stereocenters. The van der Waals surface area contributed by atoms with Crippen LogP contribution in [0.15, 0.2) is 12.2 Å². The molecule has 70 valence electrons. The molecule has 0 aromatic carbocycles. The van der Waals surface area contributed by atoms with E-state index in [2.05, 4.69) is 6.58 Å². The first-order chi connectivity index (χ1) is 5.57. The fourth-order valence-electron chi connectivity index (χ4n) is 0.504. The van der Waals surface area contributed by atoms with Crippen molar-refractivity contribution in [3.05, 3.63) is 12.2 Å². The molecule has 0 spiro atoms. The molecule has 0 saturated heterocycles. The lowest BCUT2D eigenvalue weighted by atomic mass is 10.3. The second kappa shape index (κ2) is 6.08. The lowest BCUT2D eigenvalue weighted by Crippen LogP contribution is -2.32. The molecule has 3 nitrogen and oxygen atoms in total. The molecule has 1 atom stereocenters. The number of thioether (sulfide) groups is 1. The van der Waals surface area contributed by atoms with Crippen molar-refractivity contribution in [3.63, 3.8) is 0 Å². The Bertz CT molecular complexity index is 170. The van der Waals surface area contributed by atoms with Gasteiger partial charge in [-0.25, -0.2) is 0 Å². The van der Waals surface area contributed by atoms with Crippen LogP contribution in [-0.4, -0.2) is 28.6 Å². The van der Waals surface area contributed by atoms with Gasteiger partial charge in [0.1, 0.15) is 6.04 Å². The van der Waals surface area contributed by atoms with Gasteiger partial charge in [-0.1, -0.05) is 19.1 Å². The third-order valence-corrected chi connectivity index (χ3v) is 2.63. The summed E-state index contributed by atoms with van der Waals surface area (Å²) in [6.07, 6.45) is 0.940. The Morgan fingerprint density at radius 3 is 2.75 bits per heavy atom. The number of carbonyl (C=O) groups is 1. The highest BCUT2D eigenvalue weighted by atomic mass is 32.2. The maximum Gasteiger partial charge on any atom is 0.321 e. The number of hydrogen-bond donors (Lipinski definition) is 2.